The maximum Gasteiger partial charge on any atom is 0.101 e. The molecular weight excluding hydrogens is 250 g/mol. The molecule has 20 heavy (non-hydrogen) atoms. The monoisotopic (exact) mass is 265 g/mol. The van der Waals surface area contributed by atoms with Gasteiger partial charge in [-0.15, -0.1) is 0 Å². The number of nitrogens with zero attached hydrogens (tertiary/aromatic N) is 4. The Hall–Kier alpha value is -2.79. The summed E-state index contributed by atoms with van der Waals surface area (Å²) in [5.41, 5.74) is 3.68. The van der Waals surface area contributed by atoms with Crippen LogP contribution in [0.5, 0.6) is 0 Å². The Bertz CT molecular complexity index is 700. The Morgan fingerprint density at radius 2 is 1.95 bits per heavy atom. The number of aryl methyl sites for hydroxylation is 2. The highest BCUT2D eigenvalue weighted by Crippen LogP contribution is 2.16. The van der Waals surface area contributed by atoms with Gasteiger partial charge in [-0.1, -0.05) is 0 Å². The van der Waals surface area contributed by atoms with Crippen molar-refractivity contribution in [1.29, 1.82) is 10.5 Å². The quantitative estimate of drug-likeness (QED) is 0.921. The number of anilines is 1. The van der Waals surface area contributed by atoms with Crippen LogP contribution in [0.3, 0.4) is 0 Å². The average Bonchev–Trinajstić information content (AvgIpc) is 2.84. The van der Waals surface area contributed by atoms with Gasteiger partial charge in [0.05, 0.1) is 29.1 Å². The molecule has 2 rings (SSSR count). The zero-order valence-corrected chi connectivity index (χ0v) is 11.5. The molecule has 0 bridgehead atoms. The molecule has 0 aliphatic rings. The van der Waals surface area contributed by atoms with E-state index in [1.807, 2.05) is 36.7 Å². The normalized spacial score (nSPS) is 9.80. The van der Waals surface area contributed by atoms with Crippen LogP contribution < -0.4 is 5.32 Å². The van der Waals surface area contributed by atoms with Crippen LogP contribution in [0.25, 0.3) is 0 Å². The number of hydrogen-bond acceptors (Lipinski definition) is 4. The maximum absolute atomic E-state index is 9.00. The molecule has 0 spiro atoms. The first-order chi connectivity index (χ1) is 9.67. The van der Waals surface area contributed by atoms with Crippen LogP contribution in [-0.2, 0) is 13.1 Å². The molecule has 1 aromatic carbocycles. The van der Waals surface area contributed by atoms with Crippen LogP contribution in [0.1, 0.15) is 29.4 Å². The molecule has 100 valence electrons. The van der Waals surface area contributed by atoms with Crippen molar-refractivity contribution in [3.05, 3.63) is 46.8 Å². The summed E-state index contributed by atoms with van der Waals surface area (Å²) in [7, 11) is 0. The van der Waals surface area contributed by atoms with Crippen molar-refractivity contribution >= 4 is 5.69 Å². The highest BCUT2D eigenvalue weighted by atomic mass is 15.3. The molecule has 5 nitrogen and oxygen atoms in total. The summed E-state index contributed by atoms with van der Waals surface area (Å²) in [5, 5.41) is 25.5. The van der Waals surface area contributed by atoms with Crippen LogP contribution in [-0.4, -0.2) is 9.78 Å². The second kappa shape index (κ2) is 5.90. The molecule has 0 saturated carbocycles. The second-order valence-electron chi connectivity index (χ2n) is 4.43. The molecule has 0 aliphatic carbocycles. The molecule has 1 N–H and O–H groups in total. The lowest BCUT2D eigenvalue weighted by Crippen LogP contribution is -2.08. The van der Waals surface area contributed by atoms with E-state index >= 15 is 0 Å². The largest absolute Gasteiger partial charge is 0.379 e. The Morgan fingerprint density at radius 3 is 2.60 bits per heavy atom. The predicted octanol–water partition coefficient (Wildman–Crippen LogP) is 2.57. The summed E-state index contributed by atoms with van der Waals surface area (Å²) in [4.78, 5) is 0. The van der Waals surface area contributed by atoms with E-state index in [4.69, 9.17) is 10.5 Å². The molecule has 1 heterocycles. The van der Waals surface area contributed by atoms with Gasteiger partial charge in [0.25, 0.3) is 0 Å². The lowest BCUT2D eigenvalue weighted by Gasteiger charge is -2.08. The van der Waals surface area contributed by atoms with Crippen LogP contribution in [0.15, 0.2) is 24.3 Å². The maximum atomic E-state index is 9.00. The SMILES string of the molecule is CCn1nc(C)cc1CNc1ccc(C#N)c(C#N)c1. The van der Waals surface area contributed by atoms with Crippen LogP contribution in [0, 0.1) is 29.6 Å². The van der Waals surface area contributed by atoms with Crippen LogP contribution >= 0.6 is 0 Å². The third kappa shape index (κ3) is 2.78. The highest BCUT2D eigenvalue weighted by Gasteiger charge is 2.06. The molecule has 0 amide bonds. The van der Waals surface area contributed by atoms with Crippen molar-refractivity contribution in [2.45, 2.75) is 26.9 Å². The summed E-state index contributed by atoms with van der Waals surface area (Å²) in [6.45, 7) is 5.46. The van der Waals surface area contributed by atoms with Gasteiger partial charge in [-0.25, -0.2) is 0 Å². The van der Waals surface area contributed by atoms with Gasteiger partial charge in [0, 0.05) is 12.2 Å². The number of benzene rings is 1. The minimum atomic E-state index is 0.387. The lowest BCUT2D eigenvalue weighted by atomic mass is 10.1. The number of aromatic nitrogens is 2. The zero-order valence-electron chi connectivity index (χ0n) is 11.5. The third-order valence-electron chi connectivity index (χ3n) is 3.02. The predicted molar refractivity (Wildman–Crippen MR) is 75.8 cm³/mol. The van der Waals surface area contributed by atoms with Crippen molar-refractivity contribution in [3.63, 3.8) is 0 Å². The number of hydrogen-bond donors (Lipinski definition) is 1. The van der Waals surface area contributed by atoms with Gasteiger partial charge in [-0.05, 0) is 38.1 Å². The van der Waals surface area contributed by atoms with E-state index in [0.717, 1.165) is 23.6 Å². The van der Waals surface area contributed by atoms with E-state index in [2.05, 4.69) is 10.4 Å². The Morgan fingerprint density at radius 1 is 1.20 bits per heavy atom. The molecule has 0 atom stereocenters. The van der Waals surface area contributed by atoms with Crippen molar-refractivity contribution in [2.24, 2.45) is 0 Å². The van der Waals surface area contributed by atoms with Crippen molar-refractivity contribution in [3.8, 4) is 12.1 Å². The molecule has 5 heteroatoms. The molecule has 0 saturated heterocycles. The third-order valence-corrected chi connectivity index (χ3v) is 3.02. The van der Waals surface area contributed by atoms with Gasteiger partial charge in [0.1, 0.15) is 12.1 Å². The molecule has 0 unspecified atom stereocenters. The van der Waals surface area contributed by atoms with E-state index in [1.165, 1.54) is 0 Å². The minimum Gasteiger partial charge on any atom is -0.379 e. The molecule has 1 aromatic heterocycles. The summed E-state index contributed by atoms with van der Waals surface area (Å²) >= 11 is 0. The van der Waals surface area contributed by atoms with Crippen molar-refractivity contribution in [2.75, 3.05) is 5.32 Å². The minimum absolute atomic E-state index is 0.387. The molecule has 2 aromatic rings. The van der Waals surface area contributed by atoms with Crippen molar-refractivity contribution in [1.82, 2.24) is 9.78 Å². The number of nitriles is 2. The molecular formula is C15H15N5. The van der Waals surface area contributed by atoms with Gasteiger partial charge in [0.2, 0.25) is 0 Å². The summed E-state index contributed by atoms with van der Waals surface area (Å²) in [6.07, 6.45) is 0. The Labute approximate surface area is 118 Å². The Kier molecular flexibility index (Phi) is 4.02. The highest BCUT2D eigenvalue weighted by molar-refractivity contribution is 5.56. The average molecular weight is 265 g/mol. The molecule has 0 aliphatic heterocycles. The van der Waals surface area contributed by atoms with Gasteiger partial charge in [0.15, 0.2) is 0 Å². The van der Waals surface area contributed by atoms with E-state index < -0.39 is 0 Å². The first kappa shape index (κ1) is 13.6. The fourth-order valence-corrected chi connectivity index (χ4v) is 2.05. The first-order valence-corrected chi connectivity index (χ1v) is 6.39. The lowest BCUT2D eigenvalue weighted by molar-refractivity contribution is 0.623. The van der Waals surface area contributed by atoms with Crippen molar-refractivity contribution < 1.29 is 0 Å². The van der Waals surface area contributed by atoms with Gasteiger partial charge in [-0.2, -0.15) is 15.6 Å². The fraction of sp³-hybridized carbons (Fsp3) is 0.267. The topological polar surface area (TPSA) is 77.4 Å². The zero-order chi connectivity index (χ0) is 14.5. The van der Waals surface area contributed by atoms with Gasteiger partial charge >= 0.3 is 0 Å². The summed E-state index contributed by atoms with van der Waals surface area (Å²) < 4.78 is 1.94. The van der Waals surface area contributed by atoms with Gasteiger partial charge in [-0.3, -0.25) is 4.68 Å². The summed E-state index contributed by atoms with van der Waals surface area (Å²) in [6, 6.07) is 11.2. The first-order valence-electron chi connectivity index (χ1n) is 6.39. The summed E-state index contributed by atoms with van der Waals surface area (Å²) in [5.74, 6) is 0. The number of rotatable bonds is 4. The second-order valence-corrected chi connectivity index (χ2v) is 4.43. The fourth-order valence-electron chi connectivity index (χ4n) is 2.05. The van der Waals surface area contributed by atoms with E-state index in [0.29, 0.717) is 17.7 Å². The van der Waals surface area contributed by atoms with Gasteiger partial charge < -0.3 is 5.32 Å². The molecule has 0 fully saturated rings. The van der Waals surface area contributed by atoms with E-state index in [1.54, 1.807) is 18.2 Å². The standard InChI is InChI=1S/C15H15N5/c1-3-20-15(6-11(2)19-20)10-18-14-5-4-12(8-16)13(7-14)9-17/h4-7,18H,3,10H2,1-2H3. The van der Waals surface area contributed by atoms with Crippen LogP contribution in [0.4, 0.5) is 5.69 Å². The molecule has 0 radical (unpaired) electrons. The Balaban J connectivity index is 2.15. The van der Waals surface area contributed by atoms with E-state index in [-0.39, 0.29) is 0 Å². The number of nitrogens with one attached hydrogen (secondary N) is 1. The smallest absolute Gasteiger partial charge is 0.101 e. The van der Waals surface area contributed by atoms with E-state index in [9.17, 15) is 0 Å². The van der Waals surface area contributed by atoms with Crippen LogP contribution in [0.2, 0.25) is 0 Å².